The highest BCUT2D eigenvalue weighted by atomic mass is 35.5. The van der Waals surface area contributed by atoms with Crippen LogP contribution in [0.2, 0.25) is 5.02 Å². The van der Waals surface area contributed by atoms with Crippen LogP contribution >= 0.6 is 11.6 Å². The van der Waals surface area contributed by atoms with Crippen molar-refractivity contribution in [2.24, 2.45) is 0 Å². The number of carbonyl (C=O) groups is 1. The number of amides is 1. The molecule has 0 saturated carbocycles. The lowest BCUT2D eigenvalue weighted by Crippen LogP contribution is -2.39. The highest BCUT2D eigenvalue weighted by Gasteiger charge is 2.26. The Balaban J connectivity index is 1.64. The number of ether oxygens (including phenoxy) is 1. The largest absolute Gasteiger partial charge is 0.482 e. The van der Waals surface area contributed by atoms with Gasteiger partial charge in [-0.15, -0.1) is 0 Å². The van der Waals surface area contributed by atoms with Gasteiger partial charge in [0.1, 0.15) is 5.75 Å². The first kappa shape index (κ1) is 21.7. The molecule has 0 aliphatic carbocycles. The van der Waals surface area contributed by atoms with Crippen LogP contribution in [0.3, 0.4) is 0 Å². The number of carbonyl (C=O) groups excluding carboxylic acids is 1. The molecule has 5 rings (SSSR count). The molecule has 4 aromatic rings. The Bertz CT molecular complexity index is 1400. The number of aromatic nitrogens is 1. The van der Waals surface area contributed by atoms with E-state index in [1.165, 1.54) is 0 Å². The van der Waals surface area contributed by atoms with E-state index in [9.17, 15) is 4.79 Å². The van der Waals surface area contributed by atoms with Crippen molar-refractivity contribution in [3.05, 3.63) is 90.0 Å². The zero-order valence-electron chi connectivity index (χ0n) is 18.2. The van der Waals surface area contributed by atoms with E-state index in [1.807, 2.05) is 66.7 Å². The van der Waals surface area contributed by atoms with Crippen LogP contribution in [0.1, 0.15) is 6.42 Å². The summed E-state index contributed by atoms with van der Waals surface area (Å²) in [6.07, 6.45) is 0.248. The Morgan fingerprint density at radius 2 is 1.59 bits per heavy atom. The molecule has 0 fully saturated rings. The fraction of sp³-hybridized carbons (Fsp3) is 0.107. The lowest BCUT2D eigenvalue weighted by molar-refractivity contribution is -0.121. The lowest BCUT2D eigenvalue weighted by Gasteiger charge is -2.29. The normalized spacial score (nSPS) is 12.6. The number of benzene rings is 3. The van der Waals surface area contributed by atoms with E-state index < -0.39 is 0 Å². The fourth-order valence-corrected chi connectivity index (χ4v) is 4.14. The first-order chi connectivity index (χ1) is 16.6. The van der Waals surface area contributed by atoms with Crippen molar-refractivity contribution in [3.63, 3.8) is 0 Å². The molecule has 3 aromatic carbocycles. The van der Waals surface area contributed by atoms with Gasteiger partial charge in [0.25, 0.3) is 5.91 Å². The van der Waals surface area contributed by atoms with Crippen LogP contribution in [0, 0.1) is 11.3 Å². The number of hydrogen-bond donors (Lipinski definition) is 0. The van der Waals surface area contributed by atoms with Gasteiger partial charge < -0.3 is 9.64 Å². The minimum atomic E-state index is -0.159. The minimum Gasteiger partial charge on any atom is -0.482 e. The van der Waals surface area contributed by atoms with Crippen molar-refractivity contribution in [2.45, 2.75) is 6.42 Å². The van der Waals surface area contributed by atoms with Crippen LogP contribution in [-0.4, -0.2) is 24.0 Å². The number of nitrogens with zero attached hydrogens (tertiary/aromatic N) is 3. The Labute approximate surface area is 202 Å². The van der Waals surface area contributed by atoms with E-state index in [0.717, 1.165) is 33.6 Å². The van der Waals surface area contributed by atoms with Gasteiger partial charge in [0.2, 0.25) is 0 Å². The van der Waals surface area contributed by atoms with Gasteiger partial charge in [-0.3, -0.25) is 4.79 Å². The Morgan fingerprint density at radius 3 is 2.32 bits per heavy atom. The topological polar surface area (TPSA) is 66.2 Å². The zero-order valence-corrected chi connectivity index (χ0v) is 19.0. The summed E-state index contributed by atoms with van der Waals surface area (Å²) in [5, 5.41) is 9.69. The molecule has 1 aliphatic rings. The molecule has 166 valence electrons. The molecule has 0 atom stereocenters. The maximum absolute atomic E-state index is 12.5. The molecular formula is C28H20ClN3O2. The van der Waals surface area contributed by atoms with Crippen LogP contribution in [0.15, 0.2) is 84.9 Å². The van der Waals surface area contributed by atoms with E-state index in [4.69, 9.17) is 26.6 Å². The van der Waals surface area contributed by atoms with Crippen molar-refractivity contribution in [1.82, 2.24) is 4.98 Å². The summed E-state index contributed by atoms with van der Waals surface area (Å²) in [6, 6.07) is 29.7. The van der Waals surface area contributed by atoms with Gasteiger partial charge >= 0.3 is 0 Å². The number of halogens is 1. The molecule has 0 unspecified atom stereocenters. The fourth-order valence-electron chi connectivity index (χ4n) is 4.01. The minimum absolute atomic E-state index is 0.0275. The molecule has 0 saturated heterocycles. The summed E-state index contributed by atoms with van der Waals surface area (Å²) in [5.74, 6) is 0.464. The van der Waals surface area contributed by atoms with Crippen molar-refractivity contribution < 1.29 is 9.53 Å². The predicted octanol–water partition coefficient (Wildman–Crippen LogP) is 6.38. The average molecular weight is 466 g/mol. The Morgan fingerprint density at radius 1 is 0.882 bits per heavy atom. The zero-order chi connectivity index (χ0) is 23.5. The Kier molecular flexibility index (Phi) is 5.99. The van der Waals surface area contributed by atoms with Gasteiger partial charge in [0.05, 0.1) is 29.6 Å². The second-order valence-corrected chi connectivity index (χ2v) is 8.36. The molecule has 1 amide bonds. The third kappa shape index (κ3) is 4.36. The van der Waals surface area contributed by atoms with E-state index in [-0.39, 0.29) is 18.9 Å². The first-order valence-electron chi connectivity index (χ1n) is 10.9. The van der Waals surface area contributed by atoms with E-state index >= 15 is 0 Å². The van der Waals surface area contributed by atoms with Crippen molar-refractivity contribution in [2.75, 3.05) is 18.1 Å². The number of nitriles is 1. The molecule has 5 nitrogen and oxygen atoms in total. The molecule has 2 heterocycles. The Hall–Kier alpha value is -4.14. The van der Waals surface area contributed by atoms with Crippen LogP contribution in [0.25, 0.3) is 33.6 Å². The number of fused-ring (bicyclic) bond motifs is 1. The van der Waals surface area contributed by atoms with Crippen LogP contribution in [0.4, 0.5) is 5.69 Å². The van der Waals surface area contributed by atoms with Gasteiger partial charge in [-0.05, 0) is 53.6 Å². The summed E-state index contributed by atoms with van der Waals surface area (Å²) in [4.78, 5) is 19.0. The summed E-state index contributed by atoms with van der Waals surface area (Å²) in [6.45, 7) is 0.295. The average Bonchev–Trinajstić information content (AvgIpc) is 2.88. The third-order valence-electron chi connectivity index (χ3n) is 5.72. The number of pyridine rings is 1. The predicted molar refractivity (Wildman–Crippen MR) is 134 cm³/mol. The maximum Gasteiger partial charge on any atom is 0.265 e. The molecule has 1 aliphatic heterocycles. The van der Waals surface area contributed by atoms with E-state index in [2.05, 4.69) is 24.3 Å². The molecule has 0 spiro atoms. The van der Waals surface area contributed by atoms with Gasteiger partial charge in [-0.2, -0.15) is 5.26 Å². The smallest absolute Gasteiger partial charge is 0.265 e. The molecule has 0 N–H and O–H groups in total. The highest BCUT2D eigenvalue weighted by molar-refractivity contribution is 6.30. The quantitative estimate of drug-likeness (QED) is 0.343. The molecule has 34 heavy (non-hydrogen) atoms. The number of anilines is 1. The number of rotatable bonds is 5. The molecule has 6 heteroatoms. The first-order valence-corrected chi connectivity index (χ1v) is 11.3. The molecule has 0 bridgehead atoms. The van der Waals surface area contributed by atoms with Crippen molar-refractivity contribution >= 4 is 23.2 Å². The third-order valence-corrected chi connectivity index (χ3v) is 5.97. The molecular weight excluding hydrogens is 446 g/mol. The maximum atomic E-state index is 12.5. The van der Waals surface area contributed by atoms with Gasteiger partial charge in [0, 0.05) is 22.7 Å². The van der Waals surface area contributed by atoms with E-state index in [0.29, 0.717) is 23.0 Å². The summed E-state index contributed by atoms with van der Waals surface area (Å²) in [7, 11) is 0. The van der Waals surface area contributed by atoms with Crippen LogP contribution in [0.5, 0.6) is 5.75 Å². The molecule has 1 aromatic heterocycles. The van der Waals surface area contributed by atoms with Crippen molar-refractivity contribution in [3.8, 4) is 45.5 Å². The summed E-state index contributed by atoms with van der Waals surface area (Å²) < 4.78 is 5.63. The van der Waals surface area contributed by atoms with E-state index in [1.54, 1.807) is 4.90 Å². The van der Waals surface area contributed by atoms with Gasteiger partial charge in [0.15, 0.2) is 6.61 Å². The van der Waals surface area contributed by atoms with Crippen molar-refractivity contribution in [1.29, 1.82) is 5.26 Å². The van der Waals surface area contributed by atoms with Gasteiger partial charge in [-0.1, -0.05) is 54.1 Å². The van der Waals surface area contributed by atoms with Crippen LogP contribution < -0.4 is 9.64 Å². The standard InChI is InChI=1S/C28H20ClN3O2/c29-23-10-7-20(8-11-23)24-15-22(19-5-2-1-3-6-19)16-25(31-24)21-9-12-27-26(17-21)32(14-4-13-30)28(33)18-34-27/h1-3,5-12,15-17H,4,14,18H2. The lowest BCUT2D eigenvalue weighted by atomic mass is 9.99. The summed E-state index contributed by atoms with van der Waals surface area (Å²) >= 11 is 6.10. The van der Waals surface area contributed by atoms with Gasteiger partial charge in [-0.25, -0.2) is 4.98 Å². The monoisotopic (exact) mass is 465 g/mol. The second kappa shape index (κ2) is 9.38. The van der Waals surface area contributed by atoms with Crippen LogP contribution in [-0.2, 0) is 4.79 Å². The number of hydrogen-bond acceptors (Lipinski definition) is 4. The summed E-state index contributed by atoms with van der Waals surface area (Å²) in [5.41, 5.74) is 6.16. The SMILES string of the molecule is N#CCCN1C(=O)COc2ccc(-c3cc(-c4ccccc4)cc(-c4ccc(Cl)cc4)n3)cc21. The molecule has 0 radical (unpaired) electrons. The highest BCUT2D eigenvalue weighted by Crippen LogP contribution is 2.37. The second-order valence-electron chi connectivity index (χ2n) is 7.92.